The maximum absolute atomic E-state index is 12.5. The minimum Gasteiger partial charge on any atom is -0.299 e. The van der Waals surface area contributed by atoms with Crippen molar-refractivity contribution >= 4 is 9.84 Å². The topological polar surface area (TPSA) is 37.4 Å². The molecule has 3 nitrogen and oxygen atoms in total. The van der Waals surface area contributed by atoms with Crippen LogP contribution in [-0.4, -0.2) is 33.0 Å². The van der Waals surface area contributed by atoms with Gasteiger partial charge in [0.05, 0.1) is 9.80 Å². The van der Waals surface area contributed by atoms with E-state index < -0.39 is 9.84 Å². The zero-order valence-electron chi connectivity index (χ0n) is 11.5. The molecule has 0 radical (unpaired) electrons. The molecule has 0 aliphatic rings. The van der Waals surface area contributed by atoms with Crippen LogP contribution in [0.4, 0.5) is 0 Å². The SMILES string of the molecule is C=CC=C(CN(CC)CC)S(=O)(=O)c1ccccc1. The Balaban J connectivity index is 3.13. The maximum atomic E-state index is 12.5. The molecule has 0 saturated carbocycles. The van der Waals surface area contributed by atoms with Crippen LogP contribution in [0, 0.1) is 0 Å². The van der Waals surface area contributed by atoms with Gasteiger partial charge in [-0.25, -0.2) is 8.42 Å². The number of sulfone groups is 1. The molecule has 1 rings (SSSR count). The van der Waals surface area contributed by atoms with E-state index in [4.69, 9.17) is 0 Å². The number of benzene rings is 1. The Hall–Kier alpha value is -1.39. The second kappa shape index (κ2) is 7.26. The van der Waals surface area contributed by atoms with E-state index in [0.717, 1.165) is 13.1 Å². The van der Waals surface area contributed by atoms with Crippen molar-refractivity contribution < 1.29 is 8.42 Å². The molecule has 0 saturated heterocycles. The first-order valence-corrected chi connectivity index (χ1v) is 7.88. The third-order valence-electron chi connectivity index (χ3n) is 2.98. The molecule has 1 aromatic carbocycles. The molecule has 0 heterocycles. The first-order valence-electron chi connectivity index (χ1n) is 6.40. The molecule has 0 atom stereocenters. The average Bonchev–Trinajstić information content (AvgIpc) is 2.44. The van der Waals surface area contributed by atoms with Crippen LogP contribution in [0.1, 0.15) is 13.8 Å². The molecule has 19 heavy (non-hydrogen) atoms. The summed E-state index contributed by atoms with van der Waals surface area (Å²) in [7, 11) is -3.43. The fraction of sp³-hybridized carbons (Fsp3) is 0.333. The van der Waals surface area contributed by atoms with Gasteiger partial charge in [0.25, 0.3) is 0 Å². The van der Waals surface area contributed by atoms with Gasteiger partial charge < -0.3 is 0 Å². The second-order valence-corrected chi connectivity index (χ2v) is 6.15. The average molecular weight is 279 g/mol. The summed E-state index contributed by atoms with van der Waals surface area (Å²) in [5.74, 6) is 0. The highest BCUT2D eigenvalue weighted by molar-refractivity contribution is 7.95. The predicted molar refractivity (Wildman–Crippen MR) is 79.7 cm³/mol. The molecule has 1 aromatic rings. The van der Waals surface area contributed by atoms with Crippen molar-refractivity contribution in [1.82, 2.24) is 4.90 Å². The van der Waals surface area contributed by atoms with E-state index in [1.807, 2.05) is 13.8 Å². The van der Waals surface area contributed by atoms with Gasteiger partial charge in [-0.05, 0) is 31.3 Å². The minimum absolute atomic E-state index is 0.329. The molecule has 0 fully saturated rings. The van der Waals surface area contributed by atoms with Crippen molar-refractivity contribution in [2.24, 2.45) is 0 Å². The highest BCUT2D eigenvalue weighted by atomic mass is 32.2. The lowest BCUT2D eigenvalue weighted by molar-refractivity contribution is 0.334. The number of allylic oxidation sites excluding steroid dienone is 2. The van der Waals surface area contributed by atoms with Crippen LogP contribution in [0.5, 0.6) is 0 Å². The van der Waals surface area contributed by atoms with Gasteiger partial charge in [-0.2, -0.15) is 0 Å². The van der Waals surface area contributed by atoms with Crippen LogP contribution in [0.2, 0.25) is 0 Å². The van der Waals surface area contributed by atoms with Gasteiger partial charge in [-0.15, -0.1) is 0 Å². The van der Waals surface area contributed by atoms with Gasteiger partial charge >= 0.3 is 0 Å². The summed E-state index contributed by atoms with van der Waals surface area (Å²) >= 11 is 0. The zero-order valence-corrected chi connectivity index (χ0v) is 12.4. The molecule has 0 spiro atoms. The molecule has 0 N–H and O–H groups in total. The number of likely N-dealkylation sites (N-methyl/N-ethyl adjacent to an activating group) is 1. The molecule has 0 aromatic heterocycles. The number of nitrogens with zero attached hydrogens (tertiary/aromatic N) is 1. The second-order valence-electron chi connectivity index (χ2n) is 4.15. The fourth-order valence-corrected chi connectivity index (χ4v) is 3.22. The summed E-state index contributed by atoms with van der Waals surface area (Å²) in [6.45, 7) is 9.69. The monoisotopic (exact) mass is 279 g/mol. The molecule has 0 bridgehead atoms. The van der Waals surface area contributed by atoms with Crippen molar-refractivity contribution in [3.05, 3.63) is 54.0 Å². The lowest BCUT2D eigenvalue weighted by Crippen LogP contribution is -2.27. The standard InChI is InChI=1S/C15H21NO2S/c1-4-10-15(13-16(5-2)6-3)19(17,18)14-11-8-7-9-12-14/h4,7-12H,1,5-6,13H2,2-3H3. The summed E-state index contributed by atoms with van der Waals surface area (Å²) in [4.78, 5) is 2.78. The van der Waals surface area contributed by atoms with E-state index in [-0.39, 0.29) is 0 Å². The molecule has 0 aliphatic heterocycles. The molecular weight excluding hydrogens is 258 g/mol. The van der Waals surface area contributed by atoms with E-state index in [1.54, 1.807) is 36.4 Å². The minimum atomic E-state index is -3.43. The molecule has 104 valence electrons. The summed E-state index contributed by atoms with van der Waals surface area (Å²) < 4.78 is 25.1. The lowest BCUT2D eigenvalue weighted by Gasteiger charge is -2.20. The van der Waals surface area contributed by atoms with Gasteiger partial charge in [0.15, 0.2) is 0 Å². The summed E-state index contributed by atoms with van der Waals surface area (Å²) in [6, 6.07) is 8.51. The highest BCUT2D eigenvalue weighted by Crippen LogP contribution is 2.20. The van der Waals surface area contributed by atoms with E-state index in [1.165, 1.54) is 6.08 Å². The van der Waals surface area contributed by atoms with E-state index in [2.05, 4.69) is 11.5 Å². The number of hydrogen-bond donors (Lipinski definition) is 0. The van der Waals surface area contributed by atoms with Crippen LogP contribution in [0.3, 0.4) is 0 Å². The van der Waals surface area contributed by atoms with Gasteiger partial charge in [-0.3, -0.25) is 4.90 Å². The van der Waals surface area contributed by atoms with E-state index in [9.17, 15) is 8.42 Å². The lowest BCUT2D eigenvalue weighted by atomic mass is 10.4. The maximum Gasteiger partial charge on any atom is 0.204 e. The first kappa shape index (κ1) is 15.7. The predicted octanol–water partition coefficient (Wildman–Crippen LogP) is 2.87. The highest BCUT2D eigenvalue weighted by Gasteiger charge is 2.21. The van der Waals surface area contributed by atoms with Crippen LogP contribution in [0.15, 0.2) is 58.9 Å². The van der Waals surface area contributed by atoms with Gasteiger partial charge in [-0.1, -0.05) is 44.7 Å². The Morgan fingerprint density at radius 3 is 2.26 bits per heavy atom. The van der Waals surface area contributed by atoms with Crippen LogP contribution >= 0.6 is 0 Å². The summed E-state index contributed by atoms with van der Waals surface area (Å²) in [5.41, 5.74) is 0. The first-order chi connectivity index (χ1) is 9.06. The van der Waals surface area contributed by atoms with Crippen molar-refractivity contribution in [2.75, 3.05) is 19.6 Å². The molecular formula is C15H21NO2S. The molecule has 0 aliphatic carbocycles. The Morgan fingerprint density at radius 1 is 1.21 bits per heavy atom. The Kier molecular flexibility index (Phi) is 5.99. The van der Waals surface area contributed by atoms with Gasteiger partial charge in [0.1, 0.15) is 0 Å². The Labute approximate surface area is 116 Å². The smallest absolute Gasteiger partial charge is 0.204 e. The van der Waals surface area contributed by atoms with Crippen LogP contribution in [-0.2, 0) is 9.84 Å². The van der Waals surface area contributed by atoms with Crippen molar-refractivity contribution in [2.45, 2.75) is 18.7 Å². The van der Waals surface area contributed by atoms with Crippen molar-refractivity contribution in [3.8, 4) is 0 Å². The molecule has 0 unspecified atom stereocenters. The molecule has 0 amide bonds. The van der Waals surface area contributed by atoms with Crippen LogP contribution < -0.4 is 0 Å². The Morgan fingerprint density at radius 2 is 1.79 bits per heavy atom. The fourth-order valence-electron chi connectivity index (χ4n) is 1.78. The molecule has 4 heteroatoms. The van der Waals surface area contributed by atoms with E-state index in [0.29, 0.717) is 16.3 Å². The van der Waals surface area contributed by atoms with E-state index >= 15 is 0 Å². The summed E-state index contributed by atoms with van der Waals surface area (Å²) in [6.07, 6.45) is 3.11. The van der Waals surface area contributed by atoms with Crippen molar-refractivity contribution in [1.29, 1.82) is 0 Å². The summed E-state index contributed by atoms with van der Waals surface area (Å²) in [5, 5.41) is 0. The van der Waals surface area contributed by atoms with Crippen molar-refractivity contribution in [3.63, 3.8) is 0 Å². The van der Waals surface area contributed by atoms with Crippen LogP contribution in [0.25, 0.3) is 0 Å². The quantitative estimate of drug-likeness (QED) is 0.720. The largest absolute Gasteiger partial charge is 0.299 e. The zero-order chi connectivity index (χ0) is 14.3. The number of hydrogen-bond acceptors (Lipinski definition) is 3. The third kappa shape index (κ3) is 4.04. The Bertz CT molecular complexity index is 529. The van der Waals surface area contributed by atoms with Gasteiger partial charge in [0.2, 0.25) is 9.84 Å². The van der Waals surface area contributed by atoms with Gasteiger partial charge in [0, 0.05) is 6.54 Å². The normalized spacial score (nSPS) is 12.7. The third-order valence-corrected chi connectivity index (χ3v) is 4.82. The number of rotatable bonds is 7.